The molecule has 8 rings (SSSR count). The zero-order chi connectivity index (χ0) is 38.3. The van der Waals surface area contributed by atoms with Gasteiger partial charge in [0.1, 0.15) is 11.6 Å². The molecule has 0 radical (unpaired) electrons. The van der Waals surface area contributed by atoms with Crippen LogP contribution in [0.15, 0.2) is 48.8 Å². The molecule has 280 valence electrons. The topological polar surface area (TPSA) is 164 Å². The summed E-state index contributed by atoms with van der Waals surface area (Å²) in [5.41, 5.74) is -0.802. The van der Waals surface area contributed by atoms with Crippen LogP contribution in [0.5, 0.6) is 0 Å². The third-order valence-electron chi connectivity index (χ3n) is 11.4. The number of likely N-dealkylation sites (tertiary alicyclic amines) is 1. The lowest BCUT2D eigenvalue weighted by Gasteiger charge is -2.51. The molecule has 0 spiro atoms. The Morgan fingerprint density at radius 1 is 0.907 bits per heavy atom. The molecular weight excluding hydrogens is 707 g/mol. The monoisotopic (exact) mass is 743 g/mol. The van der Waals surface area contributed by atoms with Crippen LogP contribution >= 0.6 is 0 Å². The molecule has 3 unspecified atom stereocenters. The third kappa shape index (κ3) is 5.85. The van der Waals surface area contributed by atoms with Crippen LogP contribution in [-0.2, 0) is 26.1 Å². The molecule has 6 heterocycles. The van der Waals surface area contributed by atoms with E-state index in [1.54, 1.807) is 38.4 Å². The summed E-state index contributed by atoms with van der Waals surface area (Å²) in [6, 6.07) is 9.46. The van der Waals surface area contributed by atoms with E-state index in [4.69, 9.17) is 5.26 Å². The number of carbonyl (C=O) groups excluding carboxylic acids is 5. The Hall–Kier alpha value is -5.76. The van der Waals surface area contributed by atoms with Crippen molar-refractivity contribution in [1.29, 1.82) is 5.26 Å². The van der Waals surface area contributed by atoms with Crippen LogP contribution in [-0.4, -0.2) is 99.5 Å². The number of nitriles is 1. The maximum atomic E-state index is 13.5. The minimum Gasteiger partial charge on any atom is -0.368 e. The molecule has 5 amide bonds. The molecule has 3 aromatic rings. The molecule has 4 fully saturated rings. The maximum absolute atomic E-state index is 13.5. The fourth-order valence-electron chi connectivity index (χ4n) is 8.30. The summed E-state index contributed by atoms with van der Waals surface area (Å²) in [6.45, 7) is 6.38. The van der Waals surface area contributed by atoms with Crippen LogP contribution in [0.25, 0.3) is 0 Å². The molecule has 5 aliphatic heterocycles. The Bertz CT molecular complexity index is 2140. The van der Waals surface area contributed by atoms with Crippen LogP contribution in [0.1, 0.15) is 71.4 Å². The molecule has 0 aliphatic carbocycles. The second-order valence-electron chi connectivity index (χ2n) is 15.0. The van der Waals surface area contributed by atoms with E-state index in [0.717, 1.165) is 67.4 Å². The SMILES string of the molecule is CC(C)(C(=O)Nc1ccc(C#N)c(C(F)(F)F)c1)n1cc(N2C3CCC2CN(C2CN(c4ccc5c(c4)C(=O)N(C4CCC(=O)NC4=O)C5=O)C2)C3)cn1. The van der Waals surface area contributed by atoms with Crippen molar-refractivity contribution >= 4 is 46.6 Å². The van der Waals surface area contributed by atoms with Gasteiger partial charge in [-0.25, -0.2) is 0 Å². The highest BCUT2D eigenvalue weighted by Crippen LogP contribution is 2.39. The van der Waals surface area contributed by atoms with Crippen molar-refractivity contribution in [1.82, 2.24) is 24.9 Å². The highest BCUT2D eigenvalue weighted by atomic mass is 19.4. The van der Waals surface area contributed by atoms with Crippen molar-refractivity contribution in [2.75, 3.05) is 41.3 Å². The zero-order valence-corrected chi connectivity index (χ0v) is 29.4. The maximum Gasteiger partial charge on any atom is 0.417 e. The van der Waals surface area contributed by atoms with E-state index in [9.17, 15) is 37.1 Å². The number of carbonyl (C=O) groups is 5. The van der Waals surface area contributed by atoms with Crippen LogP contribution in [0, 0.1) is 11.3 Å². The van der Waals surface area contributed by atoms with Gasteiger partial charge in [-0.2, -0.15) is 23.5 Å². The van der Waals surface area contributed by atoms with E-state index >= 15 is 0 Å². The fraction of sp³-hybridized carbons (Fsp3) is 0.432. The fourth-order valence-corrected chi connectivity index (χ4v) is 8.30. The number of halogens is 3. The van der Waals surface area contributed by atoms with Crippen molar-refractivity contribution in [2.45, 2.75) is 75.4 Å². The van der Waals surface area contributed by atoms with Gasteiger partial charge in [0.2, 0.25) is 11.8 Å². The summed E-state index contributed by atoms with van der Waals surface area (Å²) in [6.07, 6.45) is 0.885. The van der Waals surface area contributed by atoms with Crippen molar-refractivity contribution in [3.05, 3.63) is 71.0 Å². The standard InChI is InChI=1S/C37H36F3N9O5/c1-36(2,35(54)43-21-4-3-20(13-41)29(11-21)37(38,39)40)47-19-25(14-42-47)48-23-5-6-24(48)16-46(15-23)26-17-45(18-26)22-7-8-27-28(12-22)34(53)49(33(27)52)30-9-10-31(50)44-32(30)51/h3-4,7-8,11-12,14,19,23-24,26,30H,5-6,9-10,15-18H2,1-2H3,(H,43,54)(H,44,50,51). The first-order valence-corrected chi connectivity index (χ1v) is 17.7. The smallest absolute Gasteiger partial charge is 0.368 e. The molecule has 14 nitrogen and oxygen atoms in total. The molecule has 2 N–H and O–H groups in total. The Kier molecular flexibility index (Phi) is 8.29. The molecule has 3 atom stereocenters. The largest absolute Gasteiger partial charge is 0.417 e. The minimum atomic E-state index is -4.75. The number of hydrogen-bond acceptors (Lipinski definition) is 10. The second kappa shape index (κ2) is 12.7. The van der Waals surface area contributed by atoms with Gasteiger partial charge in [-0.1, -0.05) is 0 Å². The van der Waals surface area contributed by atoms with Crippen molar-refractivity contribution in [3.8, 4) is 6.07 Å². The normalized spacial score (nSPS) is 23.3. The van der Waals surface area contributed by atoms with Gasteiger partial charge in [0.25, 0.3) is 17.7 Å². The zero-order valence-electron chi connectivity index (χ0n) is 29.4. The minimum absolute atomic E-state index is 0.0582. The van der Waals surface area contributed by atoms with Gasteiger partial charge < -0.3 is 15.1 Å². The first-order valence-electron chi connectivity index (χ1n) is 17.7. The van der Waals surface area contributed by atoms with Crippen molar-refractivity contribution in [2.24, 2.45) is 0 Å². The van der Waals surface area contributed by atoms with Crippen LogP contribution in [0.4, 0.5) is 30.2 Å². The molecule has 4 saturated heterocycles. The average Bonchev–Trinajstić information content (AvgIpc) is 3.76. The lowest BCUT2D eigenvalue weighted by molar-refractivity contribution is -0.138. The molecule has 54 heavy (non-hydrogen) atoms. The van der Waals surface area contributed by atoms with Gasteiger partial charge in [-0.15, -0.1) is 0 Å². The van der Waals surface area contributed by atoms with E-state index in [-0.39, 0.29) is 47.8 Å². The lowest BCUT2D eigenvalue weighted by Crippen LogP contribution is -2.65. The number of piperazine rings is 1. The Balaban J connectivity index is 0.890. The lowest BCUT2D eigenvalue weighted by atomic mass is 10.0. The van der Waals surface area contributed by atoms with Crippen molar-refractivity contribution < 1.29 is 37.1 Å². The van der Waals surface area contributed by atoms with E-state index in [1.807, 2.05) is 6.07 Å². The Morgan fingerprint density at radius 3 is 2.28 bits per heavy atom. The number of benzene rings is 2. The predicted octanol–water partition coefficient (Wildman–Crippen LogP) is 3.09. The van der Waals surface area contributed by atoms with E-state index in [2.05, 4.69) is 30.4 Å². The molecule has 1 aromatic heterocycles. The Morgan fingerprint density at radius 2 is 1.61 bits per heavy atom. The van der Waals surface area contributed by atoms with Crippen molar-refractivity contribution in [3.63, 3.8) is 0 Å². The van der Waals surface area contributed by atoms with Gasteiger partial charge >= 0.3 is 6.18 Å². The van der Waals surface area contributed by atoms with Gasteiger partial charge in [0, 0.05) is 68.3 Å². The molecule has 2 aromatic carbocycles. The summed E-state index contributed by atoms with van der Waals surface area (Å²) in [5.74, 6) is -2.70. The number of nitrogens with zero attached hydrogens (tertiary/aromatic N) is 7. The van der Waals surface area contributed by atoms with Crippen LogP contribution in [0.3, 0.4) is 0 Å². The van der Waals surface area contributed by atoms with Gasteiger partial charge in [0.05, 0.1) is 40.2 Å². The average molecular weight is 744 g/mol. The molecular formula is C37H36F3N9O5. The number of fused-ring (bicyclic) bond motifs is 3. The Labute approximate surface area is 307 Å². The van der Waals surface area contributed by atoms with E-state index in [1.165, 1.54) is 16.8 Å². The number of anilines is 3. The summed E-state index contributed by atoms with van der Waals surface area (Å²) in [5, 5.41) is 18.4. The van der Waals surface area contributed by atoms with Gasteiger partial charge in [-0.05, 0) is 69.5 Å². The van der Waals surface area contributed by atoms with Gasteiger partial charge in [0.15, 0.2) is 0 Å². The number of imide groups is 2. The number of hydrogen-bond donors (Lipinski definition) is 2. The molecule has 0 saturated carbocycles. The third-order valence-corrected chi connectivity index (χ3v) is 11.4. The number of amides is 5. The highest BCUT2D eigenvalue weighted by Gasteiger charge is 2.47. The number of nitrogens with one attached hydrogen (secondary N) is 2. The number of alkyl halides is 3. The van der Waals surface area contributed by atoms with Crippen LogP contribution < -0.4 is 20.4 Å². The summed E-state index contributed by atoms with van der Waals surface area (Å²) < 4.78 is 42.0. The molecule has 17 heteroatoms. The number of aromatic nitrogens is 2. The number of piperidine rings is 1. The first kappa shape index (κ1) is 35.3. The first-order chi connectivity index (χ1) is 25.6. The molecule has 5 aliphatic rings. The van der Waals surface area contributed by atoms with Gasteiger partial charge in [-0.3, -0.25) is 43.8 Å². The summed E-state index contributed by atoms with van der Waals surface area (Å²) in [7, 11) is 0. The highest BCUT2D eigenvalue weighted by molar-refractivity contribution is 6.23. The second-order valence-corrected chi connectivity index (χ2v) is 15.0. The van der Waals surface area contributed by atoms with Crippen LogP contribution in [0.2, 0.25) is 0 Å². The van der Waals surface area contributed by atoms with E-state index < -0.39 is 58.4 Å². The predicted molar refractivity (Wildman–Crippen MR) is 186 cm³/mol. The van der Waals surface area contributed by atoms with E-state index in [0.29, 0.717) is 0 Å². The quantitative estimate of drug-likeness (QED) is 0.344. The molecule has 2 bridgehead atoms. The number of rotatable bonds is 7. The summed E-state index contributed by atoms with van der Waals surface area (Å²) in [4.78, 5) is 71.8. The summed E-state index contributed by atoms with van der Waals surface area (Å²) >= 11 is 0.